The smallest absolute Gasteiger partial charge is 0.227 e. The molecule has 0 atom stereocenters. The summed E-state index contributed by atoms with van der Waals surface area (Å²) in [6.45, 7) is 2.62. The summed E-state index contributed by atoms with van der Waals surface area (Å²) in [5.41, 5.74) is 2.31. The van der Waals surface area contributed by atoms with Crippen molar-refractivity contribution in [3.05, 3.63) is 29.3 Å². The van der Waals surface area contributed by atoms with E-state index in [0.717, 1.165) is 24.2 Å². The summed E-state index contributed by atoms with van der Waals surface area (Å²) in [7, 11) is 0. The number of benzene rings is 1. The molecule has 3 nitrogen and oxygen atoms in total. The largest absolute Gasteiger partial charge is 0.311 e. The molecule has 0 N–H and O–H groups in total. The first-order chi connectivity index (χ1) is 7.24. The summed E-state index contributed by atoms with van der Waals surface area (Å²) in [5, 5.41) is 9.06. The second-order valence-corrected chi connectivity index (χ2v) is 3.73. The summed E-state index contributed by atoms with van der Waals surface area (Å²) in [5.74, 6) is 0.122. The van der Waals surface area contributed by atoms with Crippen LogP contribution in [0.25, 0.3) is 0 Å². The maximum absolute atomic E-state index is 11.6. The molecule has 0 aromatic heterocycles. The fourth-order valence-electron chi connectivity index (χ4n) is 1.93. The average molecular weight is 200 g/mol. The van der Waals surface area contributed by atoms with E-state index in [4.69, 9.17) is 5.26 Å². The third kappa shape index (κ3) is 1.59. The van der Waals surface area contributed by atoms with Crippen molar-refractivity contribution in [2.45, 2.75) is 19.8 Å². The molecule has 1 saturated heterocycles. The molecule has 2 rings (SSSR count). The van der Waals surface area contributed by atoms with E-state index in [2.05, 4.69) is 6.07 Å². The van der Waals surface area contributed by atoms with Crippen molar-refractivity contribution in [1.29, 1.82) is 5.26 Å². The van der Waals surface area contributed by atoms with Gasteiger partial charge in [-0.2, -0.15) is 5.26 Å². The Kier molecular flexibility index (Phi) is 2.42. The van der Waals surface area contributed by atoms with Crippen LogP contribution in [0.3, 0.4) is 0 Å². The van der Waals surface area contributed by atoms with Gasteiger partial charge in [-0.05, 0) is 25.0 Å². The highest BCUT2D eigenvalue weighted by Crippen LogP contribution is 2.26. The van der Waals surface area contributed by atoms with E-state index in [9.17, 15) is 4.79 Å². The van der Waals surface area contributed by atoms with Gasteiger partial charge >= 0.3 is 0 Å². The number of anilines is 1. The number of carbonyl (C=O) groups is 1. The molecule has 76 valence electrons. The van der Waals surface area contributed by atoms with Gasteiger partial charge in [0.1, 0.15) is 6.07 Å². The summed E-state index contributed by atoms with van der Waals surface area (Å²) in [6, 6.07) is 7.79. The normalized spacial score (nSPS) is 15.5. The Bertz CT molecular complexity index is 445. The summed E-state index contributed by atoms with van der Waals surface area (Å²) >= 11 is 0. The van der Waals surface area contributed by atoms with Crippen LogP contribution in [0.2, 0.25) is 0 Å². The summed E-state index contributed by atoms with van der Waals surface area (Å²) < 4.78 is 0. The molecule has 3 heteroatoms. The SMILES string of the molecule is Cc1cccc(N2CCCC2=O)c1C#N. The Hall–Kier alpha value is -1.82. The Morgan fingerprint density at radius 1 is 1.47 bits per heavy atom. The lowest BCUT2D eigenvalue weighted by molar-refractivity contribution is -0.117. The fourth-order valence-corrected chi connectivity index (χ4v) is 1.93. The van der Waals surface area contributed by atoms with E-state index < -0.39 is 0 Å². The number of aryl methyl sites for hydroxylation is 1. The molecule has 1 aliphatic rings. The zero-order valence-electron chi connectivity index (χ0n) is 8.66. The number of nitrogens with zero attached hydrogens (tertiary/aromatic N) is 2. The van der Waals surface area contributed by atoms with Crippen LogP contribution in [0.15, 0.2) is 18.2 Å². The van der Waals surface area contributed by atoms with Crippen LogP contribution in [-0.4, -0.2) is 12.5 Å². The van der Waals surface area contributed by atoms with Crippen LogP contribution in [0.5, 0.6) is 0 Å². The van der Waals surface area contributed by atoms with Crippen molar-refractivity contribution in [3.63, 3.8) is 0 Å². The summed E-state index contributed by atoms with van der Waals surface area (Å²) in [6.07, 6.45) is 1.48. The zero-order valence-corrected chi connectivity index (χ0v) is 8.66. The first kappa shape index (κ1) is 9.72. The monoisotopic (exact) mass is 200 g/mol. The Labute approximate surface area is 88.9 Å². The molecule has 1 heterocycles. The van der Waals surface area contributed by atoms with Crippen LogP contribution in [0.1, 0.15) is 24.0 Å². The van der Waals surface area contributed by atoms with Crippen molar-refractivity contribution in [1.82, 2.24) is 0 Å². The highest BCUT2D eigenvalue weighted by Gasteiger charge is 2.24. The predicted molar refractivity (Wildman–Crippen MR) is 57.5 cm³/mol. The van der Waals surface area contributed by atoms with Gasteiger partial charge in [0.15, 0.2) is 0 Å². The van der Waals surface area contributed by atoms with Crippen LogP contribution in [0.4, 0.5) is 5.69 Å². The van der Waals surface area contributed by atoms with Gasteiger partial charge in [0.25, 0.3) is 0 Å². The van der Waals surface area contributed by atoms with Crippen molar-refractivity contribution < 1.29 is 4.79 Å². The van der Waals surface area contributed by atoms with Gasteiger partial charge in [0, 0.05) is 13.0 Å². The number of hydrogen-bond acceptors (Lipinski definition) is 2. The minimum absolute atomic E-state index is 0.122. The lowest BCUT2D eigenvalue weighted by atomic mass is 10.1. The van der Waals surface area contributed by atoms with E-state index in [1.165, 1.54) is 0 Å². The molecule has 1 fully saturated rings. The molecule has 1 aromatic rings. The van der Waals surface area contributed by atoms with Crippen LogP contribution in [-0.2, 0) is 4.79 Å². The van der Waals surface area contributed by atoms with Crippen molar-refractivity contribution in [3.8, 4) is 6.07 Å². The van der Waals surface area contributed by atoms with Crippen molar-refractivity contribution in [2.24, 2.45) is 0 Å². The fraction of sp³-hybridized carbons (Fsp3) is 0.333. The Balaban J connectivity index is 2.48. The molecule has 0 radical (unpaired) electrons. The lowest BCUT2D eigenvalue weighted by Gasteiger charge is -2.17. The number of amides is 1. The first-order valence-electron chi connectivity index (χ1n) is 5.04. The Morgan fingerprint density at radius 2 is 2.27 bits per heavy atom. The highest BCUT2D eigenvalue weighted by atomic mass is 16.2. The van der Waals surface area contributed by atoms with Gasteiger partial charge < -0.3 is 4.90 Å². The zero-order chi connectivity index (χ0) is 10.8. The third-order valence-electron chi connectivity index (χ3n) is 2.73. The minimum Gasteiger partial charge on any atom is -0.311 e. The van der Waals surface area contributed by atoms with Gasteiger partial charge in [-0.25, -0.2) is 0 Å². The van der Waals surface area contributed by atoms with E-state index >= 15 is 0 Å². The second kappa shape index (κ2) is 3.74. The molecule has 1 aliphatic heterocycles. The highest BCUT2D eigenvalue weighted by molar-refractivity contribution is 5.96. The van der Waals surface area contributed by atoms with Gasteiger partial charge in [0.2, 0.25) is 5.91 Å². The number of hydrogen-bond donors (Lipinski definition) is 0. The molecule has 0 saturated carbocycles. The molecular weight excluding hydrogens is 188 g/mol. The molecule has 0 aliphatic carbocycles. The van der Waals surface area contributed by atoms with Gasteiger partial charge in [-0.15, -0.1) is 0 Å². The quantitative estimate of drug-likeness (QED) is 0.695. The minimum atomic E-state index is 0.122. The lowest BCUT2D eigenvalue weighted by Crippen LogP contribution is -2.24. The standard InChI is InChI=1S/C12H12N2O/c1-9-4-2-5-11(10(9)8-13)14-7-3-6-12(14)15/h2,4-5H,3,6-7H2,1H3. The van der Waals surface area contributed by atoms with Crippen LogP contribution >= 0.6 is 0 Å². The predicted octanol–water partition coefficient (Wildman–Crippen LogP) is 1.99. The van der Waals surface area contributed by atoms with Gasteiger partial charge in [-0.1, -0.05) is 12.1 Å². The maximum Gasteiger partial charge on any atom is 0.227 e. The molecule has 0 bridgehead atoms. The Morgan fingerprint density at radius 3 is 2.87 bits per heavy atom. The average Bonchev–Trinajstić information content (AvgIpc) is 2.64. The van der Waals surface area contributed by atoms with Crippen molar-refractivity contribution >= 4 is 11.6 Å². The number of carbonyl (C=O) groups excluding carboxylic acids is 1. The molecule has 15 heavy (non-hydrogen) atoms. The molecular formula is C12H12N2O. The van der Waals surface area contributed by atoms with Gasteiger partial charge in [0.05, 0.1) is 11.3 Å². The van der Waals surface area contributed by atoms with E-state index in [1.54, 1.807) is 4.90 Å². The number of rotatable bonds is 1. The topological polar surface area (TPSA) is 44.1 Å². The van der Waals surface area contributed by atoms with E-state index in [-0.39, 0.29) is 5.91 Å². The van der Waals surface area contributed by atoms with E-state index in [0.29, 0.717) is 12.0 Å². The summed E-state index contributed by atoms with van der Waals surface area (Å²) in [4.78, 5) is 13.3. The maximum atomic E-state index is 11.6. The molecule has 1 amide bonds. The number of nitriles is 1. The van der Waals surface area contributed by atoms with E-state index in [1.807, 2.05) is 25.1 Å². The van der Waals surface area contributed by atoms with Crippen LogP contribution in [0, 0.1) is 18.3 Å². The van der Waals surface area contributed by atoms with Gasteiger partial charge in [-0.3, -0.25) is 4.79 Å². The van der Waals surface area contributed by atoms with Crippen molar-refractivity contribution in [2.75, 3.05) is 11.4 Å². The third-order valence-corrected chi connectivity index (χ3v) is 2.73. The second-order valence-electron chi connectivity index (χ2n) is 3.73. The molecule has 0 spiro atoms. The molecule has 1 aromatic carbocycles. The molecule has 0 unspecified atom stereocenters. The van der Waals surface area contributed by atoms with Crippen LogP contribution < -0.4 is 4.90 Å². The first-order valence-corrected chi connectivity index (χ1v) is 5.04.